The first-order valence-corrected chi connectivity index (χ1v) is 11.7. The number of hydrogen-bond acceptors (Lipinski definition) is 7. The predicted molar refractivity (Wildman–Crippen MR) is 126 cm³/mol. The summed E-state index contributed by atoms with van der Waals surface area (Å²) in [4.78, 5) is 16.8. The van der Waals surface area contributed by atoms with Crippen LogP contribution in [-0.2, 0) is 17.6 Å². The Balaban J connectivity index is 1.50. The third kappa shape index (κ3) is 5.31. The van der Waals surface area contributed by atoms with Crippen molar-refractivity contribution in [3.8, 4) is 5.69 Å². The van der Waals surface area contributed by atoms with E-state index in [-0.39, 0.29) is 11.7 Å². The van der Waals surface area contributed by atoms with E-state index in [9.17, 15) is 4.79 Å². The maximum Gasteiger partial charge on any atom is 0.234 e. The van der Waals surface area contributed by atoms with Crippen LogP contribution in [0.3, 0.4) is 0 Å². The zero-order valence-electron chi connectivity index (χ0n) is 17.0. The van der Waals surface area contributed by atoms with E-state index in [0.717, 1.165) is 29.3 Å². The molecule has 0 aliphatic heterocycles. The van der Waals surface area contributed by atoms with Gasteiger partial charge in [-0.2, -0.15) is 0 Å². The summed E-state index contributed by atoms with van der Waals surface area (Å²) in [5.41, 5.74) is 9.56. The summed E-state index contributed by atoms with van der Waals surface area (Å²) in [6.07, 6.45) is 1.47. The number of carbonyl (C=O) groups is 1. The molecule has 0 aliphatic rings. The van der Waals surface area contributed by atoms with Crippen molar-refractivity contribution < 1.29 is 4.79 Å². The molecule has 2 heterocycles. The molecule has 3 N–H and O–H groups in total. The fourth-order valence-corrected chi connectivity index (χ4v) is 4.40. The van der Waals surface area contributed by atoms with Gasteiger partial charge >= 0.3 is 0 Å². The van der Waals surface area contributed by atoms with Crippen molar-refractivity contribution in [2.45, 2.75) is 24.9 Å². The molecule has 2 aromatic heterocycles. The van der Waals surface area contributed by atoms with Crippen LogP contribution in [0.1, 0.15) is 24.0 Å². The number of nitrogens with two attached hydrogens (primary N) is 1. The Hall–Kier alpha value is -3.17. The number of aryl methyl sites for hydroxylation is 1. The van der Waals surface area contributed by atoms with Gasteiger partial charge in [-0.1, -0.05) is 49.0 Å². The van der Waals surface area contributed by atoms with E-state index in [1.54, 1.807) is 0 Å². The van der Waals surface area contributed by atoms with Gasteiger partial charge in [-0.15, -0.1) is 21.5 Å². The minimum atomic E-state index is -0.0920. The standard InChI is InChI=1S/C22H22N6OS2/c1-2-15-8-10-16(11-9-15)24-20(29)14-31-22-27-26-19(12-17-13-30-21(23)25-17)28(22)18-6-4-3-5-7-18/h3-11,13H,2,12,14H2,1H3,(H2,23,25)(H,24,29). The predicted octanol–water partition coefficient (Wildman–Crippen LogP) is 4.19. The second-order valence-electron chi connectivity index (χ2n) is 6.81. The zero-order valence-corrected chi connectivity index (χ0v) is 18.6. The Morgan fingerprint density at radius 3 is 2.58 bits per heavy atom. The van der Waals surface area contributed by atoms with Crippen LogP contribution in [0.5, 0.6) is 0 Å². The highest BCUT2D eigenvalue weighted by Crippen LogP contribution is 2.24. The first-order chi connectivity index (χ1) is 15.1. The molecule has 0 bridgehead atoms. The number of anilines is 2. The molecular weight excluding hydrogens is 428 g/mol. The smallest absolute Gasteiger partial charge is 0.234 e. The monoisotopic (exact) mass is 450 g/mol. The van der Waals surface area contributed by atoms with Gasteiger partial charge < -0.3 is 11.1 Å². The summed E-state index contributed by atoms with van der Waals surface area (Å²) in [5, 5.41) is 14.7. The molecular formula is C22H22N6OS2. The number of nitrogens with one attached hydrogen (secondary N) is 1. The van der Waals surface area contributed by atoms with Gasteiger partial charge in [0.1, 0.15) is 5.82 Å². The van der Waals surface area contributed by atoms with E-state index in [2.05, 4.69) is 27.4 Å². The third-order valence-corrected chi connectivity index (χ3v) is 6.25. The molecule has 7 nitrogen and oxygen atoms in total. The summed E-state index contributed by atoms with van der Waals surface area (Å²) >= 11 is 2.75. The molecule has 0 unspecified atom stereocenters. The van der Waals surface area contributed by atoms with Crippen molar-refractivity contribution in [1.29, 1.82) is 0 Å². The first-order valence-electron chi connectivity index (χ1n) is 9.83. The number of nitrogens with zero attached hydrogens (tertiary/aromatic N) is 4. The van der Waals surface area contributed by atoms with Crippen molar-refractivity contribution in [3.05, 3.63) is 77.1 Å². The highest BCUT2D eigenvalue weighted by molar-refractivity contribution is 7.99. The molecule has 0 saturated heterocycles. The van der Waals surface area contributed by atoms with E-state index in [4.69, 9.17) is 5.73 Å². The fraction of sp³-hybridized carbons (Fsp3) is 0.182. The molecule has 158 valence electrons. The molecule has 2 aromatic carbocycles. The van der Waals surface area contributed by atoms with E-state index >= 15 is 0 Å². The molecule has 31 heavy (non-hydrogen) atoms. The molecule has 9 heteroatoms. The average molecular weight is 451 g/mol. The third-order valence-electron chi connectivity index (χ3n) is 4.60. The number of hydrogen-bond donors (Lipinski definition) is 2. The van der Waals surface area contributed by atoms with Crippen molar-refractivity contribution in [2.24, 2.45) is 0 Å². The molecule has 0 radical (unpaired) electrons. The minimum Gasteiger partial charge on any atom is -0.375 e. The zero-order chi connectivity index (χ0) is 21.6. The van der Waals surface area contributed by atoms with Gasteiger partial charge in [-0.3, -0.25) is 9.36 Å². The Bertz CT molecular complexity index is 1150. The molecule has 4 aromatic rings. The fourth-order valence-electron chi connectivity index (χ4n) is 3.06. The average Bonchev–Trinajstić information content (AvgIpc) is 3.39. The number of aromatic nitrogens is 4. The van der Waals surface area contributed by atoms with Crippen molar-refractivity contribution in [3.63, 3.8) is 0 Å². The lowest BCUT2D eigenvalue weighted by atomic mass is 10.1. The van der Waals surface area contributed by atoms with Crippen LogP contribution in [0, 0.1) is 0 Å². The molecule has 0 fully saturated rings. The van der Waals surface area contributed by atoms with Gasteiger partial charge in [-0.25, -0.2) is 4.98 Å². The topological polar surface area (TPSA) is 98.7 Å². The molecule has 0 atom stereocenters. The number of benzene rings is 2. The number of para-hydroxylation sites is 1. The van der Waals surface area contributed by atoms with Crippen LogP contribution in [0.25, 0.3) is 5.69 Å². The van der Waals surface area contributed by atoms with Crippen LogP contribution in [0.4, 0.5) is 10.8 Å². The number of amides is 1. The van der Waals surface area contributed by atoms with Crippen LogP contribution in [-0.4, -0.2) is 31.4 Å². The summed E-state index contributed by atoms with van der Waals surface area (Å²) in [7, 11) is 0. The van der Waals surface area contributed by atoms with Crippen LogP contribution >= 0.6 is 23.1 Å². The summed E-state index contributed by atoms with van der Waals surface area (Å²) < 4.78 is 1.96. The number of rotatable bonds is 8. The maximum absolute atomic E-state index is 12.5. The van der Waals surface area contributed by atoms with Crippen LogP contribution in [0.2, 0.25) is 0 Å². The summed E-state index contributed by atoms with van der Waals surface area (Å²) in [6.45, 7) is 2.10. The second-order valence-corrected chi connectivity index (χ2v) is 8.64. The lowest BCUT2D eigenvalue weighted by Gasteiger charge is -2.10. The van der Waals surface area contributed by atoms with Crippen molar-refractivity contribution >= 4 is 39.8 Å². The Kier molecular flexibility index (Phi) is 6.63. The number of nitrogen functional groups attached to an aromatic ring is 1. The van der Waals surface area contributed by atoms with Crippen molar-refractivity contribution in [2.75, 3.05) is 16.8 Å². The SMILES string of the molecule is CCc1ccc(NC(=O)CSc2nnc(Cc3csc(N)n3)n2-c2ccccc2)cc1. The molecule has 4 rings (SSSR count). The van der Waals surface area contributed by atoms with Crippen LogP contribution in [0.15, 0.2) is 65.1 Å². The van der Waals surface area contributed by atoms with Gasteiger partial charge in [0.2, 0.25) is 5.91 Å². The maximum atomic E-state index is 12.5. The van der Waals surface area contributed by atoms with E-state index in [0.29, 0.717) is 16.7 Å². The quantitative estimate of drug-likeness (QED) is 0.391. The van der Waals surface area contributed by atoms with E-state index in [1.807, 2.05) is 64.5 Å². The number of thiazole rings is 1. The number of thioether (sulfide) groups is 1. The van der Waals surface area contributed by atoms with Gasteiger partial charge in [-0.05, 0) is 36.2 Å². The van der Waals surface area contributed by atoms with Gasteiger partial charge in [0, 0.05) is 16.8 Å². The van der Waals surface area contributed by atoms with Crippen LogP contribution < -0.4 is 11.1 Å². The Labute approximate surface area is 188 Å². The van der Waals surface area contributed by atoms with E-state index in [1.165, 1.54) is 28.7 Å². The Morgan fingerprint density at radius 2 is 1.90 bits per heavy atom. The Morgan fingerprint density at radius 1 is 1.13 bits per heavy atom. The van der Waals surface area contributed by atoms with Gasteiger partial charge in [0.05, 0.1) is 17.9 Å². The summed E-state index contributed by atoms with van der Waals surface area (Å²) in [6, 6.07) is 17.7. The molecule has 0 aliphatic carbocycles. The molecule has 0 spiro atoms. The molecule has 0 saturated carbocycles. The van der Waals surface area contributed by atoms with Gasteiger partial charge in [0.25, 0.3) is 0 Å². The largest absolute Gasteiger partial charge is 0.375 e. The lowest BCUT2D eigenvalue weighted by molar-refractivity contribution is -0.113. The second kappa shape index (κ2) is 9.76. The minimum absolute atomic E-state index is 0.0920. The highest BCUT2D eigenvalue weighted by Gasteiger charge is 2.17. The van der Waals surface area contributed by atoms with Crippen molar-refractivity contribution in [1.82, 2.24) is 19.7 Å². The highest BCUT2D eigenvalue weighted by atomic mass is 32.2. The summed E-state index contributed by atoms with van der Waals surface area (Å²) in [5.74, 6) is 0.879. The molecule has 1 amide bonds. The number of carbonyl (C=O) groups excluding carboxylic acids is 1. The first kappa shape index (κ1) is 21.1. The lowest BCUT2D eigenvalue weighted by Crippen LogP contribution is -2.14. The van der Waals surface area contributed by atoms with Gasteiger partial charge in [0.15, 0.2) is 10.3 Å². The van der Waals surface area contributed by atoms with E-state index < -0.39 is 0 Å². The normalized spacial score (nSPS) is 10.9.